The molecule has 0 aliphatic heterocycles. The van der Waals surface area contributed by atoms with Crippen molar-refractivity contribution in [2.75, 3.05) is 5.73 Å². The van der Waals surface area contributed by atoms with E-state index in [-0.39, 0.29) is 0 Å². The van der Waals surface area contributed by atoms with Gasteiger partial charge in [-0.2, -0.15) is 0 Å². The number of nitrogen functional groups attached to an aromatic ring is 1. The van der Waals surface area contributed by atoms with Gasteiger partial charge in [0, 0.05) is 0 Å². The molecule has 0 radical (unpaired) electrons. The molecule has 1 aromatic heterocycles. The topological polar surface area (TPSA) is 51.8 Å². The summed E-state index contributed by atoms with van der Waals surface area (Å²) in [5, 5.41) is 7.48. The van der Waals surface area contributed by atoms with Gasteiger partial charge in [-0.1, -0.05) is 6.08 Å². The highest BCUT2D eigenvalue weighted by atomic mass is 15.1. The van der Waals surface area contributed by atoms with Gasteiger partial charge in [-0.3, -0.25) is 0 Å². The Kier molecular flexibility index (Phi) is 1.99. The third-order valence-corrected chi connectivity index (χ3v) is 1.04. The van der Waals surface area contributed by atoms with Gasteiger partial charge in [0.1, 0.15) is 5.82 Å². The molecule has 0 aromatic carbocycles. The van der Waals surface area contributed by atoms with E-state index in [1.54, 1.807) is 6.07 Å². The van der Waals surface area contributed by atoms with Crippen LogP contribution in [0.1, 0.15) is 12.6 Å². The molecule has 0 atom stereocenters. The van der Waals surface area contributed by atoms with Gasteiger partial charge in [0.15, 0.2) is 0 Å². The van der Waals surface area contributed by atoms with Gasteiger partial charge in [0.25, 0.3) is 0 Å². The minimum atomic E-state index is 0.452. The Labute approximate surface area is 59.6 Å². The van der Waals surface area contributed by atoms with Gasteiger partial charge in [-0.05, 0) is 25.1 Å². The highest BCUT2D eigenvalue weighted by Gasteiger charge is 1.86. The van der Waals surface area contributed by atoms with Crippen LogP contribution < -0.4 is 5.73 Å². The van der Waals surface area contributed by atoms with Crippen molar-refractivity contribution in [3.63, 3.8) is 0 Å². The smallest absolute Gasteiger partial charge is 0.146 e. The lowest BCUT2D eigenvalue weighted by Gasteiger charge is -1.90. The number of hydrogen-bond acceptors (Lipinski definition) is 3. The second-order valence-electron chi connectivity index (χ2n) is 1.88. The molecule has 3 heteroatoms. The predicted molar refractivity (Wildman–Crippen MR) is 41.2 cm³/mol. The summed E-state index contributed by atoms with van der Waals surface area (Å²) in [6, 6.07) is 3.55. The van der Waals surface area contributed by atoms with Gasteiger partial charge in [-0.15, -0.1) is 10.2 Å². The van der Waals surface area contributed by atoms with Gasteiger partial charge in [0.05, 0.1) is 5.69 Å². The van der Waals surface area contributed by atoms with Gasteiger partial charge in [0.2, 0.25) is 0 Å². The van der Waals surface area contributed by atoms with E-state index in [1.165, 1.54) is 0 Å². The maximum atomic E-state index is 5.33. The fraction of sp³-hybridized carbons (Fsp3) is 0.143. The summed E-state index contributed by atoms with van der Waals surface area (Å²) in [7, 11) is 0. The SMILES string of the molecule is C/C=C/c1ccc(N)nn1. The first kappa shape index (κ1) is 6.74. The molecule has 1 aromatic rings. The van der Waals surface area contributed by atoms with Crippen molar-refractivity contribution in [3.8, 4) is 0 Å². The highest BCUT2D eigenvalue weighted by Crippen LogP contribution is 1.98. The Morgan fingerprint density at radius 3 is 2.70 bits per heavy atom. The maximum absolute atomic E-state index is 5.33. The van der Waals surface area contributed by atoms with Crippen molar-refractivity contribution in [2.45, 2.75) is 6.92 Å². The highest BCUT2D eigenvalue weighted by molar-refractivity contribution is 5.44. The van der Waals surface area contributed by atoms with Crippen molar-refractivity contribution < 1.29 is 0 Å². The van der Waals surface area contributed by atoms with Crippen molar-refractivity contribution in [1.29, 1.82) is 0 Å². The van der Waals surface area contributed by atoms with Crippen LogP contribution in [0, 0.1) is 0 Å². The van der Waals surface area contributed by atoms with E-state index in [4.69, 9.17) is 5.73 Å². The molecule has 0 bridgehead atoms. The Morgan fingerprint density at radius 1 is 1.40 bits per heavy atom. The lowest BCUT2D eigenvalue weighted by molar-refractivity contribution is 1.03. The molecule has 52 valence electrons. The lowest BCUT2D eigenvalue weighted by atomic mass is 10.3. The second kappa shape index (κ2) is 2.96. The van der Waals surface area contributed by atoms with E-state index in [2.05, 4.69) is 10.2 Å². The molecule has 3 nitrogen and oxygen atoms in total. The molecule has 0 amide bonds. The normalized spacial score (nSPS) is 10.5. The van der Waals surface area contributed by atoms with Crippen LogP contribution in [0.15, 0.2) is 18.2 Å². The maximum Gasteiger partial charge on any atom is 0.146 e. The molecule has 0 aliphatic carbocycles. The number of hydrogen-bond donors (Lipinski definition) is 1. The zero-order chi connectivity index (χ0) is 7.40. The molecule has 0 saturated carbocycles. The van der Waals surface area contributed by atoms with Crippen LogP contribution in [0.5, 0.6) is 0 Å². The first-order valence-corrected chi connectivity index (χ1v) is 3.05. The van der Waals surface area contributed by atoms with Crippen LogP contribution in [0.3, 0.4) is 0 Å². The van der Waals surface area contributed by atoms with Crippen molar-refractivity contribution >= 4 is 11.9 Å². The average molecular weight is 135 g/mol. The van der Waals surface area contributed by atoms with E-state index >= 15 is 0 Å². The Balaban J connectivity index is 2.89. The molecule has 0 aliphatic rings. The van der Waals surface area contributed by atoms with Crippen LogP contribution in [-0.2, 0) is 0 Å². The van der Waals surface area contributed by atoms with E-state index in [0.29, 0.717) is 5.82 Å². The van der Waals surface area contributed by atoms with Gasteiger partial charge >= 0.3 is 0 Å². The minimum absolute atomic E-state index is 0.452. The standard InChI is InChI=1S/C7H9N3/c1-2-3-6-4-5-7(8)10-9-6/h2-5H,1H3,(H2,8,10)/b3-2+. The molecular formula is C7H9N3. The Morgan fingerprint density at radius 2 is 2.20 bits per heavy atom. The Bertz CT molecular complexity index is 225. The summed E-state index contributed by atoms with van der Waals surface area (Å²) in [5.41, 5.74) is 6.16. The largest absolute Gasteiger partial charge is 0.382 e. The monoisotopic (exact) mass is 135 g/mol. The summed E-state index contributed by atoms with van der Waals surface area (Å²) in [6.45, 7) is 1.93. The van der Waals surface area contributed by atoms with E-state index in [0.717, 1.165) is 5.69 Å². The summed E-state index contributed by atoms with van der Waals surface area (Å²) >= 11 is 0. The van der Waals surface area contributed by atoms with E-state index in [9.17, 15) is 0 Å². The molecule has 1 heterocycles. The van der Waals surface area contributed by atoms with E-state index < -0.39 is 0 Å². The number of allylic oxidation sites excluding steroid dienone is 1. The Hall–Kier alpha value is -1.38. The summed E-state index contributed by atoms with van der Waals surface area (Å²) in [6.07, 6.45) is 3.77. The number of aromatic nitrogens is 2. The molecule has 0 spiro atoms. The van der Waals surface area contributed by atoms with Crippen LogP contribution in [0.2, 0.25) is 0 Å². The third kappa shape index (κ3) is 1.55. The van der Waals surface area contributed by atoms with Crippen LogP contribution in [0.25, 0.3) is 6.08 Å². The first-order chi connectivity index (χ1) is 4.83. The van der Waals surface area contributed by atoms with Crippen molar-refractivity contribution in [1.82, 2.24) is 10.2 Å². The molecule has 0 fully saturated rings. The van der Waals surface area contributed by atoms with Crippen LogP contribution >= 0.6 is 0 Å². The quantitative estimate of drug-likeness (QED) is 0.627. The van der Waals surface area contributed by atoms with Gasteiger partial charge in [-0.25, -0.2) is 0 Å². The summed E-state index contributed by atoms with van der Waals surface area (Å²) in [5.74, 6) is 0.452. The van der Waals surface area contributed by atoms with Crippen LogP contribution in [-0.4, -0.2) is 10.2 Å². The van der Waals surface area contributed by atoms with Crippen molar-refractivity contribution in [2.24, 2.45) is 0 Å². The third-order valence-electron chi connectivity index (χ3n) is 1.04. The molecule has 0 saturated heterocycles. The molecule has 0 unspecified atom stereocenters. The number of anilines is 1. The number of rotatable bonds is 1. The van der Waals surface area contributed by atoms with Crippen LogP contribution in [0.4, 0.5) is 5.82 Å². The number of nitrogens with two attached hydrogens (primary N) is 1. The van der Waals surface area contributed by atoms with Gasteiger partial charge < -0.3 is 5.73 Å². The lowest BCUT2D eigenvalue weighted by Crippen LogP contribution is -1.92. The molecule has 2 N–H and O–H groups in total. The summed E-state index contributed by atoms with van der Waals surface area (Å²) < 4.78 is 0. The van der Waals surface area contributed by atoms with Crippen molar-refractivity contribution in [3.05, 3.63) is 23.9 Å². The van der Waals surface area contributed by atoms with E-state index in [1.807, 2.05) is 25.1 Å². The second-order valence-corrected chi connectivity index (χ2v) is 1.88. The average Bonchev–Trinajstić information content (AvgIpc) is 1.95. The molecular weight excluding hydrogens is 126 g/mol. The minimum Gasteiger partial charge on any atom is -0.382 e. The summed E-state index contributed by atoms with van der Waals surface area (Å²) in [4.78, 5) is 0. The zero-order valence-corrected chi connectivity index (χ0v) is 5.78. The molecule has 1 rings (SSSR count). The predicted octanol–water partition coefficient (Wildman–Crippen LogP) is 1.09. The fourth-order valence-corrected chi connectivity index (χ4v) is 0.613. The first-order valence-electron chi connectivity index (χ1n) is 3.05. The fourth-order valence-electron chi connectivity index (χ4n) is 0.613. The number of nitrogens with zero attached hydrogens (tertiary/aromatic N) is 2. The zero-order valence-electron chi connectivity index (χ0n) is 5.78. The molecule has 10 heavy (non-hydrogen) atoms.